The monoisotopic (exact) mass is 375 g/mol. The summed E-state index contributed by atoms with van der Waals surface area (Å²) in [5.74, 6) is 0.515. The third-order valence-electron chi connectivity index (χ3n) is 3.50. The fourth-order valence-corrected chi connectivity index (χ4v) is 2.26. The number of ether oxygens (including phenoxy) is 2. The number of nitro groups is 3. The van der Waals surface area contributed by atoms with Gasteiger partial charge in [-0.25, -0.2) is 0 Å². The highest BCUT2D eigenvalue weighted by molar-refractivity contribution is 5.87. The summed E-state index contributed by atoms with van der Waals surface area (Å²) in [4.78, 5) is 30.8. The van der Waals surface area contributed by atoms with Crippen molar-refractivity contribution in [2.45, 2.75) is 0 Å². The molecule has 1 heterocycles. The van der Waals surface area contributed by atoms with E-state index >= 15 is 0 Å². The lowest BCUT2D eigenvalue weighted by molar-refractivity contribution is -0.393. The fraction of sp³-hybridized carbons (Fsp3) is 0.0714. The molecule has 0 aromatic heterocycles. The molecule has 1 aliphatic rings. The number of fused-ring (bicyclic) bond motifs is 1. The summed E-state index contributed by atoms with van der Waals surface area (Å²) >= 11 is 0. The van der Waals surface area contributed by atoms with Gasteiger partial charge in [-0.3, -0.25) is 35.8 Å². The average molecular weight is 375 g/mol. The number of non-ortho nitro benzene ring substituents is 1. The second-order valence-electron chi connectivity index (χ2n) is 5.11. The molecule has 0 spiro atoms. The van der Waals surface area contributed by atoms with Gasteiger partial charge in [-0.15, -0.1) is 0 Å². The summed E-state index contributed by atoms with van der Waals surface area (Å²) in [6.07, 6.45) is 1.07. The van der Waals surface area contributed by atoms with Crippen LogP contribution in [0.15, 0.2) is 35.4 Å². The molecule has 0 unspecified atom stereocenters. The molecule has 138 valence electrons. The molecule has 13 heteroatoms. The molecule has 0 bridgehead atoms. The molecule has 0 aliphatic carbocycles. The van der Waals surface area contributed by atoms with Gasteiger partial charge in [0, 0.05) is 6.07 Å². The van der Waals surface area contributed by atoms with Crippen LogP contribution in [0.4, 0.5) is 22.7 Å². The van der Waals surface area contributed by atoms with Crippen LogP contribution < -0.4 is 14.9 Å². The molecule has 13 nitrogen and oxygen atoms in total. The van der Waals surface area contributed by atoms with E-state index in [1.54, 1.807) is 0 Å². The first kappa shape index (κ1) is 17.5. The maximum Gasteiger partial charge on any atom is 0.301 e. The Morgan fingerprint density at radius 3 is 2.22 bits per heavy atom. The molecule has 27 heavy (non-hydrogen) atoms. The van der Waals surface area contributed by atoms with Crippen LogP contribution in [0.5, 0.6) is 11.5 Å². The first-order valence-electron chi connectivity index (χ1n) is 7.17. The molecule has 1 aliphatic heterocycles. The Bertz CT molecular complexity index is 990. The Morgan fingerprint density at radius 1 is 0.926 bits per heavy atom. The number of hydrazone groups is 1. The standard InChI is InChI=1S/C14H9N5O8/c20-17(21)9-1-2-10(12(4-9)19(24)25)16-15-6-8-3-13-14(27-7-26-13)5-11(8)18(22)23/h1-6,16H,7H2/b15-6-. The Hall–Kier alpha value is -4.29. The summed E-state index contributed by atoms with van der Waals surface area (Å²) in [7, 11) is 0. The number of hydrogen-bond donors (Lipinski definition) is 1. The van der Waals surface area contributed by atoms with E-state index in [2.05, 4.69) is 10.5 Å². The van der Waals surface area contributed by atoms with Crippen molar-refractivity contribution >= 4 is 29.0 Å². The molecular weight excluding hydrogens is 366 g/mol. The lowest BCUT2D eigenvalue weighted by Crippen LogP contribution is -2.00. The third kappa shape index (κ3) is 3.55. The minimum atomic E-state index is -0.812. The number of hydrogen-bond acceptors (Lipinski definition) is 10. The molecule has 0 amide bonds. The first-order chi connectivity index (χ1) is 12.9. The highest BCUT2D eigenvalue weighted by Crippen LogP contribution is 2.37. The van der Waals surface area contributed by atoms with Gasteiger partial charge >= 0.3 is 5.69 Å². The highest BCUT2D eigenvalue weighted by atomic mass is 16.7. The van der Waals surface area contributed by atoms with Gasteiger partial charge in [0.2, 0.25) is 6.79 Å². The van der Waals surface area contributed by atoms with Gasteiger partial charge in [0.15, 0.2) is 11.5 Å². The predicted octanol–water partition coefficient (Wildman–Crippen LogP) is 2.59. The van der Waals surface area contributed by atoms with Gasteiger partial charge in [0.25, 0.3) is 11.4 Å². The van der Waals surface area contributed by atoms with Crippen LogP contribution in [0.25, 0.3) is 0 Å². The van der Waals surface area contributed by atoms with Crippen LogP contribution in [-0.4, -0.2) is 27.8 Å². The van der Waals surface area contributed by atoms with Crippen molar-refractivity contribution in [2.75, 3.05) is 12.2 Å². The molecule has 2 aromatic carbocycles. The van der Waals surface area contributed by atoms with E-state index in [0.29, 0.717) is 5.75 Å². The summed E-state index contributed by atoms with van der Waals surface area (Å²) in [6, 6.07) is 5.48. The number of nitrogens with one attached hydrogen (secondary N) is 1. The van der Waals surface area contributed by atoms with E-state index < -0.39 is 26.1 Å². The second kappa shape index (κ2) is 6.91. The summed E-state index contributed by atoms with van der Waals surface area (Å²) in [6.45, 7) is -0.0691. The maximum atomic E-state index is 11.2. The summed E-state index contributed by atoms with van der Waals surface area (Å²) < 4.78 is 10.2. The van der Waals surface area contributed by atoms with Crippen molar-refractivity contribution in [3.63, 3.8) is 0 Å². The van der Waals surface area contributed by atoms with Crippen LogP contribution in [0, 0.1) is 30.3 Å². The van der Waals surface area contributed by atoms with E-state index in [1.807, 2.05) is 0 Å². The molecule has 0 fully saturated rings. The lowest BCUT2D eigenvalue weighted by atomic mass is 10.1. The van der Waals surface area contributed by atoms with Gasteiger partial charge in [0.05, 0.1) is 38.7 Å². The molecule has 2 aromatic rings. The van der Waals surface area contributed by atoms with E-state index in [4.69, 9.17) is 9.47 Å². The molecule has 0 atom stereocenters. The second-order valence-corrected chi connectivity index (χ2v) is 5.11. The number of rotatable bonds is 6. The Balaban J connectivity index is 1.89. The number of benzene rings is 2. The van der Waals surface area contributed by atoms with E-state index in [0.717, 1.165) is 24.4 Å². The summed E-state index contributed by atoms with van der Waals surface area (Å²) in [5.41, 5.74) is 0.977. The Morgan fingerprint density at radius 2 is 1.59 bits per heavy atom. The molecule has 0 saturated heterocycles. The van der Waals surface area contributed by atoms with E-state index in [9.17, 15) is 30.3 Å². The van der Waals surface area contributed by atoms with Gasteiger partial charge in [0.1, 0.15) is 5.69 Å². The molecule has 0 radical (unpaired) electrons. The van der Waals surface area contributed by atoms with Gasteiger partial charge in [-0.05, 0) is 12.1 Å². The SMILES string of the molecule is O=[N+]([O-])c1ccc(N/N=C\c2cc3c(cc2[N+](=O)[O-])OCO3)c([N+](=O)[O-])c1. The van der Waals surface area contributed by atoms with Crippen molar-refractivity contribution < 1.29 is 24.2 Å². The van der Waals surface area contributed by atoms with Gasteiger partial charge in [-0.1, -0.05) is 0 Å². The molecule has 3 rings (SSSR count). The van der Waals surface area contributed by atoms with Gasteiger partial charge < -0.3 is 9.47 Å². The highest BCUT2D eigenvalue weighted by Gasteiger charge is 2.23. The number of nitrogens with zero attached hydrogens (tertiary/aromatic N) is 4. The Kier molecular flexibility index (Phi) is 4.49. The van der Waals surface area contributed by atoms with Crippen molar-refractivity contribution in [1.82, 2.24) is 0 Å². The quantitative estimate of drug-likeness (QED) is 0.452. The first-order valence-corrected chi connectivity index (χ1v) is 7.17. The van der Waals surface area contributed by atoms with Crippen LogP contribution in [0.3, 0.4) is 0 Å². The topological polar surface area (TPSA) is 172 Å². The van der Waals surface area contributed by atoms with Crippen LogP contribution in [-0.2, 0) is 0 Å². The third-order valence-corrected chi connectivity index (χ3v) is 3.50. The maximum absolute atomic E-state index is 11.2. The zero-order valence-corrected chi connectivity index (χ0v) is 13.2. The largest absolute Gasteiger partial charge is 0.454 e. The predicted molar refractivity (Wildman–Crippen MR) is 90.2 cm³/mol. The van der Waals surface area contributed by atoms with Crippen LogP contribution in [0.1, 0.15) is 5.56 Å². The van der Waals surface area contributed by atoms with Crippen molar-refractivity contribution in [3.05, 3.63) is 66.2 Å². The van der Waals surface area contributed by atoms with E-state index in [1.165, 1.54) is 12.1 Å². The fourth-order valence-electron chi connectivity index (χ4n) is 2.26. The smallest absolute Gasteiger partial charge is 0.301 e. The van der Waals surface area contributed by atoms with Crippen LogP contribution >= 0.6 is 0 Å². The minimum Gasteiger partial charge on any atom is -0.454 e. The number of anilines is 1. The molecule has 0 saturated carbocycles. The molecule has 1 N–H and O–H groups in total. The summed E-state index contributed by atoms with van der Waals surface area (Å²) in [5, 5.41) is 36.7. The van der Waals surface area contributed by atoms with E-state index in [-0.39, 0.29) is 29.5 Å². The minimum absolute atomic E-state index is 0.0691. The van der Waals surface area contributed by atoms with Gasteiger partial charge in [-0.2, -0.15) is 5.10 Å². The van der Waals surface area contributed by atoms with Crippen molar-refractivity contribution in [1.29, 1.82) is 0 Å². The number of nitro benzene ring substituents is 3. The molecular formula is C14H9N5O8. The average Bonchev–Trinajstić information content (AvgIpc) is 3.08. The Labute approximate surface area is 149 Å². The zero-order valence-electron chi connectivity index (χ0n) is 13.2. The van der Waals surface area contributed by atoms with Crippen molar-refractivity contribution in [3.8, 4) is 11.5 Å². The van der Waals surface area contributed by atoms with Crippen LogP contribution in [0.2, 0.25) is 0 Å². The normalized spacial score (nSPS) is 12.1. The lowest BCUT2D eigenvalue weighted by Gasteiger charge is -2.03. The van der Waals surface area contributed by atoms with Crippen molar-refractivity contribution in [2.24, 2.45) is 5.10 Å². The zero-order chi connectivity index (χ0) is 19.6.